The Labute approximate surface area is 196 Å². The normalized spacial score (nSPS) is 12.9. The van der Waals surface area contributed by atoms with Crippen molar-refractivity contribution >= 4 is 36.0 Å². The molecule has 8 N–H and O–H groups in total. The topological polar surface area (TPSA) is 224 Å². The molecule has 0 radical (unpaired) electrons. The van der Waals surface area contributed by atoms with E-state index in [1.54, 1.807) is 0 Å². The van der Waals surface area contributed by atoms with E-state index < -0.39 is 41.4 Å². The van der Waals surface area contributed by atoms with Gasteiger partial charge in [0.2, 0.25) is 36.0 Å². The predicted molar refractivity (Wildman–Crippen MR) is 123 cm³/mol. The third-order valence-electron chi connectivity index (χ3n) is 5.16. The van der Waals surface area contributed by atoms with Crippen molar-refractivity contribution in [2.24, 2.45) is 21.2 Å². The smallest absolute Gasteiger partial charge is 0.238 e. The summed E-state index contributed by atoms with van der Waals surface area (Å²) in [7, 11) is -12.7. The SMILES string of the molecule is NC(=O)C(c1cccc(S(N)(=O)=O)c1)(c1cccc(S(N)(=O)=O)c1)c1cccc(S(N)(=O)=O)c1. The summed E-state index contributed by atoms with van der Waals surface area (Å²) >= 11 is 0. The van der Waals surface area contributed by atoms with E-state index >= 15 is 0 Å². The van der Waals surface area contributed by atoms with Crippen molar-refractivity contribution in [2.75, 3.05) is 0 Å². The highest BCUT2D eigenvalue weighted by Crippen LogP contribution is 2.41. The molecule has 0 aromatic heterocycles. The Morgan fingerprint density at radius 2 is 0.824 bits per heavy atom. The van der Waals surface area contributed by atoms with Crippen molar-refractivity contribution in [3.8, 4) is 0 Å². The van der Waals surface area contributed by atoms with Gasteiger partial charge in [-0.3, -0.25) is 4.79 Å². The first kappa shape index (κ1) is 25.5. The van der Waals surface area contributed by atoms with E-state index in [2.05, 4.69) is 0 Å². The van der Waals surface area contributed by atoms with Gasteiger partial charge < -0.3 is 5.73 Å². The quantitative estimate of drug-likeness (QED) is 0.295. The van der Waals surface area contributed by atoms with Crippen LogP contribution < -0.4 is 21.2 Å². The van der Waals surface area contributed by atoms with Crippen LogP contribution in [0.5, 0.6) is 0 Å². The molecule has 0 aliphatic carbocycles. The summed E-state index contributed by atoms with van der Waals surface area (Å²) in [5.74, 6) is -1.07. The number of hydrogen-bond acceptors (Lipinski definition) is 7. The summed E-state index contributed by atoms with van der Waals surface area (Å²) in [6, 6.07) is 14.9. The molecule has 0 bridgehead atoms. The Hall–Kier alpha value is -3.14. The van der Waals surface area contributed by atoms with Crippen LogP contribution in [0.3, 0.4) is 0 Å². The van der Waals surface area contributed by atoms with Crippen LogP contribution in [-0.2, 0) is 40.3 Å². The summed E-state index contributed by atoms with van der Waals surface area (Å²) in [6.45, 7) is 0. The second kappa shape index (κ2) is 8.57. The zero-order chi connectivity index (χ0) is 25.5. The monoisotopic (exact) mass is 524 g/mol. The predicted octanol–water partition coefficient (Wildman–Crippen LogP) is -0.551. The second-order valence-electron chi connectivity index (χ2n) is 7.33. The molecule has 0 heterocycles. The lowest BCUT2D eigenvalue weighted by Crippen LogP contribution is -2.44. The lowest BCUT2D eigenvalue weighted by Gasteiger charge is -2.33. The van der Waals surface area contributed by atoms with Gasteiger partial charge >= 0.3 is 0 Å². The Kier molecular flexibility index (Phi) is 6.43. The minimum absolute atomic E-state index is 0.0235. The van der Waals surface area contributed by atoms with E-state index in [-0.39, 0.29) is 31.4 Å². The van der Waals surface area contributed by atoms with Crippen molar-refractivity contribution in [3.63, 3.8) is 0 Å². The maximum atomic E-state index is 13.2. The molecule has 0 aliphatic rings. The Morgan fingerprint density at radius 3 is 1.03 bits per heavy atom. The fourth-order valence-electron chi connectivity index (χ4n) is 3.65. The first-order chi connectivity index (χ1) is 15.6. The van der Waals surface area contributed by atoms with Crippen LogP contribution in [0.25, 0.3) is 0 Å². The van der Waals surface area contributed by atoms with Crippen LogP contribution in [0, 0.1) is 0 Å². The first-order valence-electron chi connectivity index (χ1n) is 9.28. The summed E-state index contributed by atoms with van der Waals surface area (Å²) in [5.41, 5.74) is 3.73. The number of primary sulfonamides is 3. The summed E-state index contributed by atoms with van der Waals surface area (Å²) in [4.78, 5) is 12.1. The summed E-state index contributed by atoms with van der Waals surface area (Å²) in [6.07, 6.45) is 0. The van der Waals surface area contributed by atoms with Crippen molar-refractivity contribution in [1.82, 2.24) is 0 Å². The van der Waals surface area contributed by atoms with Gasteiger partial charge in [-0.2, -0.15) is 0 Å². The Bertz CT molecular complexity index is 1430. The molecule has 180 valence electrons. The molecule has 3 rings (SSSR count). The van der Waals surface area contributed by atoms with Gasteiger partial charge in [-0.15, -0.1) is 0 Å². The maximum Gasteiger partial charge on any atom is 0.238 e. The molecule has 3 aromatic rings. The number of amides is 1. The molecule has 1 amide bonds. The van der Waals surface area contributed by atoms with Gasteiger partial charge in [0, 0.05) is 0 Å². The van der Waals surface area contributed by atoms with E-state index in [0.29, 0.717) is 0 Å². The molecule has 0 spiro atoms. The van der Waals surface area contributed by atoms with Gasteiger partial charge in [0.15, 0.2) is 0 Å². The minimum Gasteiger partial charge on any atom is -0.368 e. The minimum atomic E-state index is -4.22. The molecule has 0 aliphatic heterocycles. The molecule has 0 unspecified atom stereocenters. The highest BCUT2D eigenvalue weighted by molar-refractivity contribution is 7.89. The molecule has 14 heteroatoms. The number of carbonyl (C=O) groups excluding carboxylic acids is 1. The molecule has 0 saturated heterocycles. The molecule has 0 saturated carbocycles. The molecular formula is C20H20N4O7S3. The van der Waals surface area contributed by atoms with E-state index in [9.17, 15) is 30.0 Å². The lowest BCUT2D eigenvalue weighted by molar-refractivity contribution is -0.121. The van der Waals surface area contributed by atoms with Crippen LogP contribution in [0.2, 0.25) is 0 Å². The third kappa shape index (κ3) is 4.72. The first-order valence-corrected chi connectivity index (χ1v) is 13.9. The second-order valence-corrected chi connectivity index (χ2v) is 12.0. The number of carbonyl (C=O) groups is 1. The highest BCUT2D eigenvalue weighted by atomic mass is 32.2. The number of nitrogens with two attached hydrogens (primary N) is 4. The van der Waals surface area contributed by atoms with E-state index in [1.807, 2.05) is 0 Å². The summed E-state index contributed by atoms with van der Waals surface area (Å²) < 4.78 is 72.0. The average Bonchev–Trinajstić information content (AvgIpc) is 2.73. The molecular weight excluding hydrogens is 504 g/mol. The highest BCUT2D eigenvalue weighted by Gasteiger charge is 2.43. The molecule has 11 nitrogen and oxygen atoms in total. The summed E-state index contributed by atoms with van der Waals surface area (Å²) in [5, 5.41) is 15.7. The van der Waals surface area contributed by atoms with Gasteiger partial charge in [-0.25, -0.2) is 40.7 Å². The fourth-order valence-corrected chi connectivity index (χ4v) is 5.32. The third-order valence-corrected chi connectivity index (χ3v) is 7.89. The van der Waals surface area contributed by atoms with Gasteiger partial charge in [-0.1, -0.05) is 36.4 Å². The van der Waals surface area contributed by atoms with E-state index in [1.165, 1.54) is 54.6 Å². The number of sulfonamides is 3. The Balaban J connectivity index is 2.54. The molecule has 34 heavy (non-hydrogen) atoms. The number of benzene rings is 3. The largest absolute Gasteiger partial charge is 0.368 e. The number of rotatable bonds is 7. The molecule has 0 atom stereocenters. The van der Waals surface area contributed by atoms with Gasteiger partial charge in [-0.05, 0) is 53.1 Å². The fraction of sp³-hybridized carbons (Fsp3) is 0.0500. The van der Waals surface area contributed by atoms with Crippen molar-refractivity contribution in [1.29, 1.82) is 0 Å². The van der Waals surface area contributed by atoms with Crippen LogP contribution in [0.1, 0.15) is 16.7 Å². The van der Waals surface area contributed by atoms with E-state index in [4.69, 9.17) is 21.2 Å². The van der Waals surface area contributed by atoms with Crippen LogP contribution >= 0.6 is 0 Å². The standard InChI is InChI=1S/C20H20N4O7S3/c21-19(25)20(13-4-1-7-16(10-13)32(22,26)27,14-5-2-8-17(11-14)33(23,28)29)15-6-3-9-18(12-15)34(24,30)31/h1-12H,(H2,21,25)(H2,22,26,27)(H2,23,28,29)(H2,24,30,31). The Morgan fingerprint density at radius 1 is 0.559 bits per heavy atom. The molecule has 0 fully saturated rings. The lowest BCUT2D eigenvalue weighted by atomic mass is 9.69. The van der Waals surface area contributed by atoms with Crippen LogP contribution in [0.4, 0.5) is 0 Å². The van der Waals surface area contributed by atoms with Crippen LogP contribution in [0.15, 0.2) is 87.5 Å². The van der Waals surface area contributed by atoms with Crippen molar-refractivity contribution in [3.05, 3.63) is 89.5 Å². The van der Waals surface area contributed by atoms with Gasteiger partial charge in [0.05, 0.1) is 14.7 Å². The van der Waals surface area contributed by atoms with Crippen molar-refractivity contribution < 1.29 is 30.0 Å². The van der Waals surface area contributed by atoms with Gasteiger partial charge in [0.25, 0.3) is 0 Å². The number of primary amides is 1. The average molecular weight is 525 g/mol. The van der Waals surface area contributed by atoms with Gasteiger partial charge in [0.1, 0.15) is 5.41 Å². The maximum absolute atomic E-state index is 13.2. The zero-order valence-corrected chi connectivity index (χ0v) is 19.8. The zero-order valence-electron chi connectivity index (χ0n) is 17.3. The van der Waals surface area contributed by atoms with Crippen molar-refractivity contribution in [2.45, 2.75) is 20.1 Å². The molecule has 3 aromatic carbocycles. The van der Waals surface area contributed by atoms with Crippen LogP contribution in [-0.4, -0.2) is 31.2 Å². The number of hydrogen-bond donors (Lipinski definition) is 4. The van der Waals surface area contributed by atoms with E-state index in [0.717, 1.165) is 18.2 Å².